The number of hydrogen-bond acceptors (Lipinski definition) is 4. The van der Waals surface area contributed by atoms with E-state index >= 15 is 0 Å². The van der Waals surface area contributed by atoms with E-state index in [0.717, 1.165) is 24.5 Å². The second-order valence-electron chi connectivity index (χ2n) is 6.35. The summed E-state index contributed by atoms with van der Waals surface area (Å²) in [7, 11) is 1.59. The molecule has 132 valence electrons. The first-order valence-electron chi connectivity index (χ1n) is 8.66. The molecule has 1 aromatic carbocycles. The van der Waals surface area contributed by atoms with Gasteiger partial charge >= 0.3 is 0 Å². The molecule has 0 radical (unpaired) electrons. The number of likely N-dealkylation sites (tertiary alicyclic amines) is 1. The maximum atomic E-state index is 12.3. The lowest BCUT2D eigenvalue weighted by molar-refractivity contribution is -0.130. The van der Waals surface area contributed by atoms with Gasteiger partial charge in [-0.25, -0.2) is 0 Å². The van der Waals surface area contributed by atoms with Gasteiger partial charge in [0.1, 0.15) is 11.5 Å². The fourth-order valence-electron chi connectivity index (χ4n) is 3.22. The summed E-state index contributed by atoms with van der Waals surface area (Å²) < 4.78 is 10.5. The van der Waals surface area contributed by atoms with E-state index in [2.05, 4.69) is 0 Å². The number of Topliss-reactive ketones (excluding diaryl/α,β-unsaturated/α-hetero) is 1. The number of hydrogen-bond donors (Lipinski definition) is 0. The normalized spacial score (nSPS) is 16.8. The predicted molar refractivity (Wildman–Crippen MR) is 93.8 cm³/mol. The second-order valence-corrected chi connectivity index (χ2v) is 6.35. The molecule has 0 aliphatic carbocycles. The summed E-state index contributed by atoms with van der Waals surface area (Å²) >= 11 is 0. The van der Waals surface area contributed by atoms with Crippen molar-refractivity contribution in [3.63, 3.8) is 0 Å². The van der Waals surface area contributed by atoms with Gasteiger partial charge in [-0.15, -0.1) is 0 Å². The van der Waals surface area contributed by atoms with Crippen LogP contribution in [0.15, 0.2) is 47.1 Å². The van der Waals surface area contributed by atoms with Gasteiger partial charge in [-0.2, -0.15) is 0 Å². The van der Waals surface area contributed by atoms with Crippen molar-refractivity contribution in [1.29, 1.82) is 0 Å². The standard InChI is InChI=1S/C20H23NO4/c1-24-17-9-7-15(8-10-17)18(22)4-2-6-20(23)21-12-11-16(14-21)19-5-3-13-25-19/h3,5,7-10,13,16H,2,4,6,11-12,14H2,1H3. The molecule has 5 heteroatoms. The molecular formula is C20H23NO4. The van der Waals surface area contributed by atoms with Crippen LogP contribution in [0.3, 0.4) is 0 Å². The van der Waals surface area contributed by atoms with Gasteiger partial charge in [0.05, 0.1) is 13.4 Å². The third-order valence-electron chi connectivity index (χ3n) is 4.69. The lowest BCUT2D eigenvalue weighted by atomic mass is 10.0. The average Bonchev–Trinajstić information content (AvgIpc) is 3.32. The van der Waals surface area contributed by atoms with Crippen LogP contribution in [0.5, 0.6) is 5.75 Å². The molecule has 1 aromatic heterocycles. The molecule has 25 heavy (non-hydrogen) atoms. The smallest absolute Gasteiger partial charge is 0.222 e. The molecule has 0 N–H and O–H groups in total. The summed E-state index contributed by atoms with van der Waals surface area (Å²) in [6.45, 7) is 1.47. The van der Waals surface area contributed by atoms with Crippen LogP contribution in [0.25, 0.3) is 0 Å². The van der Waals surface area contributed by atoms with Gasteiger partial charge in [-0.1, -0.05) is 0 Å². The summed E-state index contributed by atoms with van der Waals surface area (Å²) in [5, 5.41) is 0. The highest BCUT2D eigenvalue weighted by molar-refractivity contribution is 5.96. The highest BCUT2D eigenvalue weighted by atomic mass is 16.5. The molecule has 1 saturated heterocycles. The van der Waals surface area contributed by atoms with Crippen molar-refractivity contribution < 1.29 is 18.7 Å². The fraction of sp³-hybridized carbons (Fsp3) is 0.400. The quantitative estimate of drug-likeness (QED) is 0.721. The average molecular weight is 341 g/mol. The summed E-state index contributed by atoms with van der Waals surface area (Å²) in [5.74, 6) is 2.15. The molecule has 3 rings (SSSR count). The zero-order chi connectivity index (χ0) is 17.6. The Balaban J connectivity index is 1.42. The number of ether oxygens (including phenoxy) is 1. The van der Waals surface area contributed by atoms with Crippen LogP contribution in [0.1, 0.15) is 47.7 Å². The van der Waals surface area contributed by atoms with Crippen LogP contribution >= 0.6 is 0 Å². The van der Waals surface area contributed by atoms with Gasteiger partial charge in [0.25, 0.3) is 0 Å². The Bertz CT molecular complexity index is 706. The lowest BCUT2D eigenvalue weighted by Crippen LogP contribution is -2.28. The molecule has 2 heterocycles. The van der Waals surface area contributed by atoms with Crippen LogP contribution in [0, 0.1) is 0 Å². The first kappa shape index (κ1) is 17.3. The molecular weight excluding hydrogens is 318 g/mol. The van der Waals surface area contributed by atoms with E-state index in [9.17, 15) is 9.59 Å². The van der Waals surface area contributed by atoms with Crippen molar-refractivity contribution >= 4 is 11.7 Å². The monoisotopic (exact) mass is 341 g/mol. The van der Waals surface area contributed by atoms with E-state index < -0.39 is 0 Å². The topological polar surface area (TPSA) is 59.8 Å². The van der Waals surface area contributed by atoms with Crippen LogP contribution < -0.4 is 4.74 Å². The number of furan rings is 1. The predicted octanol–water partition coefficient (Wildman–Crippen LogP) is 3.66. The van der Waals surface area contributed by atoms with Crippen LogP contribution in [0.2, 0.25) is 0 Å². The number of carbonyl (C=O) groups excluding carboxylic acids is 2. The third-order valence-corrected chi connectivity index (χ3v) is 4.69. The lowest BCUT2D eigenvalue weighted by Gasteiger charge is -2.16. The van der Waals surface area contributed by atoms with Crippen molar-refractivity contribution in [3.05, 3.63) is 54.0 Å². The molecule has 1 aliphatic rings. The molecule has 1 aliphatic heterocycles. The maximum absolute atomic E-state index is 12.3. The van der Waals surface area contributed by atoms with E-state index in [0.29, 0.717) is 37.3 Å². The molecule has 0 spiro atoms. The summed E-state index contributed by atoms with van der Waals surface area (Å²) in [4.78, 5) is 26.4. The minimum Gasteiger partial charge on any atom is -0.497 e. The van der Waals surface area contributed by atoms with E-state index in [1.54, 1.807) is 37.6 Å². The summed E-state index contributed by atoms with van der Waals surface area (Å²) in [6.07, 6.45) is 3.97. The molecule has 1 fully saturated rings. The van der Waals surface area contributed by atoms with Crippen molar-refractivity contribution in [2.45, 2.75) is 31.6 Å². The summed E-state index contributed by atoms with van der Waals surface area (Å²) in [5.41, 5.74) is 0.660. The van der Waals surface area contributed by atoms with Crippen LogP contribution in [-0.4, -0.2) is 36.8 Å². The Morgan fingerprint density at radius 2 is 2.00 bits per heavy atom. The zero-order valence-corrected chi connectivity index (χ0v) is 14.4. The number of nitrogens with zero attached hydrogens (tertiary/aromatic N) is 1. The van der Waals surface area contributed by atoms with Crippen LogP contribution in [-0.2, 0) is 4.79 Å². The van der Waals surface area contributed by atoms with Gasteiger partial charge in [0, 0.05) is 37.4 Å². The van der Waals surface area contributed by atoms with E-state index in [1.807, 2.05) is 17.0 Å². The third kappa shape index (κ3) is 4.29. The molecule has 5 nitrogen and oxygen atoms in total. The molecule has 1 unspecified atom stereocenters. The minimum atomic E-state index is 0.0605. The van der Waals surface area contributed by atoms with Gasteiger partial charge < -0.3 is 14.1 Å². The fourth-order valence-corrected chi connectivity index (χ4v) is 3.22. The zero-order valence-electron chi connectivity index (χ0n) is 14.4. The van der Waals surface area contributed by atoms with E-state index in [1.165, 1.54) is 0 Å². The van der Waals surface area contributed by atoms with Crippen molar-refractivity contribution in [2.24, 2.45) is 0 Å². The van der Waals surface area contributed by atoms with Gasteiger partial charge in [0.15, 0.2) is 5.78 Å². The molecule has 1 atom stereocenters. The Hall–Kier alpha value is -2.56. The highest BCUT2D eigenvalue weighted by Gasteiger charge is 2.28. The Labute approximate surface area is 147 Å². The minimum absolute atomic E-state index is 0.0605. The number of carbonyl (C=O) groups is 2. The molecule has 2 aromatic rings. The number of methoxy groups -OCH3 is 1. The maximum Gasteiger partial charge on any atom is 0.222 e. The number of benzene rings is 1. The highest BCUT2D eigenvalue weighted by Crippen LogP contribution is 2.28. The number of rotatable bonds is 7. The van der Waals surface area contributed by atoms with E-state index in [-0.39, 0.29) is 11.7 Å². The first-order chi connectivity index (χ1) is 12.2. The van der Waals surface area contributed by atoms with Gasteiger partial charge in [-0.05, 0) is 49.2 Å². The van der Waals surface area contributed by atoms with Crippen molar-refractivity contribution in [2.75, 3.05) is 20.2 Å². The Kier molecular flexibility index (Phi) is 5.53. The van der Waals surface area contributed by atoms with Gasteiger partial charge in [-0.3, -0.25) is 9.59 Å². The largest absolute Gasteiger partial charge is 0.497 e. The first-order valence-corrected chi connectivity index (χ1v) is 8.66. The number of ketones is 1. The number of amides is 1. The van der Waals surface area contributed by atoms with Crippen molar-refractivity contribution in [3.8, 4) is 5.75 Å². The second kappa shape index (κ2) is 8.01. The Morgan fingerprint density at radius 1 is 1.20 bits per heavy atom. The van der Waals surface area contributed by atoms with Crippen LogP contribution in [0.4, 0.5) is 0 Å². The SMILES string of the molecule is COc1ccc(C(=O)CCCC(=O)N2CCC(c3ccco3)C2)cc1. The Morgan fingerprint density at radius 3 is 2.68 bits per heavy atom. The van der Waals surface area contributed by atoms with Gasteiger partial charge in [0.2, 0.25) is 5.91 Å². The molecule has 0 bridgehead atoms. The molecule has 1 amide bonds. The summed E-state index contributed by atoms with van der Waals surface area (Å²) in [6, 6.07) is 10.9. The van der Waals surface area contributed by atoms with E-state index in [4.69, 9.17) is 9.15 Å². The molecule has 0 saturated carbocycles. The van der Waals surface area contributed by atoms with Crippen molar-refractivity contribution in [1.82, 2.24) is 4.90 Å².